The van der Waals surface area contributed by atoms with Gasteiger partial charge in [-0.2, -0.15) is 0 Å². The van der Waals surface area contributed by atoms with Crippen LogP contribution in [0.25, 0.3) is 0 Å². The molecule has 0 saturated carbocycles. The Labute approximate surface area is 91.6 Å². The molecule has 0 radical (unpaired) electrons. The number of amides is 1. The molecular weight excluding hydrogens is 244 g/mol. The summed E-state index contributed by atoms with van der Waals surface area (Å²) in [5, 5.41) is 0. The van der Waals surface area contributed by atoms with Crippen molar-refractivity contribution in [3.8, 4) is 0 Å². The molecule has 0 aromatic carbocycles. The number of hydrogen-bond acceptors (Lipinski definition) is 2. The second-order valence-electron chi connectivity index (χ2n) is 2.81. The van der Waals surface area contributed by atoms with Gasteiger partial charge < -0.3 is 4.90 Å². The SMILES string of the molecule is C=CCN(C)C(=O)c1ncccc1Br. The average molecular weight is 255 g/mol. The van der Waals surface area contributed by atoms with Gasteiger partial charge in [0.2, 0.25) is 0 Å². The zero-order valence-electron chi connectivity index (χ0n) is 7.90. The van der Waals surface area contributed by atoms with Crippen LogP contribution in [0.4, 0.5) is 0 Å². The van der Waals surface area contributed by atoms with E-state index in [0.29, 0.717) is 16.7 Å². The minimum atomic E-state index is -0.114. The molecule has 0 N–H and O–H groups in total. The lowest BCUT2D eigenvalue weighted by molar-refractivity contribution is 0.0803. The molecule has 0 aliphatic rings. The molecule has 0 fully saturated rings. The molecule has 0 saturated heterocycles. The van der Waals surface area contributed by atoms with Gasteiger partial charge in [-0.25, -0.2) is 4.98 Å². The van der Waals surface area contributed by atoms with Crippen LogP contribution in [0.3, 0.4) is 0 Å². The van der Waals surface area contributed by atoms with Crippen molar-refractivity contribution in [2.75, 3.05) is 13.6 Å². The third-order valence-corrected chi connectivity index (χ3v) is 2.35. The fraction of sp³-hybridized carbons (Fsp3) is 0.200. The van der Waals surface area contributed by atoms with Gasteiger partial charge >= 0.3 is 0 Å². The lowest BCUT2D eigenvalue weighted by Crippen LogP contribution is -2.27. The minimum Gasteiger partial charge on any atom is -0.337 e. The monoisotopic (exact) mass is 254 g/mol. The summed E-state index contributed by atoms with van der Waals surface area (Å²) >= 11 is 3.28. The molecule has 1 heterocycles. The number of pyridine rings is 1. The number of nitrogens with zero attached hydrogens (tertiary/aromatic N) is 2. The molecule has 0 aliphatic heterocycles. The van der Waals surface area contributed by atoms with Crippen LogP contribution in [-0.4, -0.2) is 29.4 Å². The summed E-state index contributed by atoms with van der Waals surface area (Å²) in [5.41, 5.74) is 0.428. The summed E-state index contributed by atoms with van der Waals surface area (Å²) in [6.45, 7) is 4.09. The maximum Gasteiger partial charge on any atom is 0.273 e. The van der Waals surface area contributed by atoms with Crippen LogP contribution in [0.1, 0.15) is 10.5 Å². The molecule has 14 heavy (non-hydrogen) atoms. The van der Waals surface area contributed by atoms with Gasteiger partial charge in [-0.15, -0.1) is 6.58 Å². The van der Waals surface area contributed by atoms with Crippen molar-refractivity contribution in [3.05, 3.63) is 41.2 Å². The standard InChI is InChI=1S/C10H11BrN2O/c1-3-7-13(2)10(14)9-8(11)5-4-6-12-9/h3-6H,1,7H2,2H3. The Kier molecular flexibility index (Phi) is 3.83. The maximum atomic E-state index is 11.7. The highest BCUT2D eigenvalue weighted by molar-refractivity contribution is 9.10. The van der Waals surface area contributed by atoms with Gasteiger partial charge in [-0.3, -0.25) is 4.79 Å². The predicted molar refractivity (Wildman–Crippen MR) is 59.1 cm³/mol. The van der Waals surface area contributed by atoms with E-state index < -0.39 is 0 Å². The van der Waals surface area contributed by atoms with Gasteiger partial charge in [0.05, 0.1) is 0 Å². The van der Waals surface area contributed by atoms with Crippen molar-refractivity contribution in [2.45, 2.75) is 0 Å². The molecule has 3 nitrogen and oxygen atoms in total. The molecule has 0 spiro atoms. The van der Waals surface area contributed by atoms with Crippen LogP contribution < -0.4 is 0 Å². The Bertz CT molecular complexity index is 352. The van der Waals surface area contributed by atoms with E-state index in [4.69, 9.17) is 0 Å². The first-order chi connectivity index (χ1) is 6.66. The van der Waals surface area contributed by atoms with E-state index in [9.17, 15) is 4.79 Å². The second kappa shape index (κ2) is 4.91. The Morgan fingerprint density at radius 2 is 2.50 bits per heavy atom. The lowest BCUT2D eigenvalue weighted by Gasteiger charge is -2.14. The van der Waals surface area contributed by atoms with Crippen LogP contribution in [-0.2, 0) is 0 Å². The van der Waals surface area contributed by atoms with Crippen molar-refractivity contribution in [2.24, 2.45) is 0 Å². The highest BCUT2D eigenvalue weighted by Gasteiger charge is 2.14. The summed E-state index contributed by atoms with van der Waals surface area (Å²) in [5.74, 6) is -0.114. The Balaban J connectivity index is 2.89. The zero-order valence-corrected chi connectivity index (χ0v) is 9.49. The number of likely N-dealkylation sites (N-methyl/N-ethyl adjacent to an activating group) is 1. The number of rotatable bonds is 3. The fourth-order valence-corrected chi connectivity index (χ4v) is 1.42. The van der Waals surface area contributed by atoms with Crippen molar-refractivity contribution < 1.29 is 4.79 Å². The van der Waals surface area contributed by atoms with E-state index in [0.717, 1.165) is 0 Å². The molecule has 0 atom stereocenters. The molecular formula is C10H11BrN2O. The normalized spacial score (nSPS) is 9.57. The Morgan fingerprint density at radius 3 is 3.07 bits per heavy atom. The quantitative estimate of drug-likeness (QED) is 0.775. The Morgan fingerprint density at radius 1 is 1.79 bits per heavy atom. The van der Waals surface area contributed by atoms with E-state index in [2.05, 4.69) is 27.5 Å². The van der Waals surface area contributed by atoms with Gasteiger partial charge in [-0.05, 0) is 28.1 Å². The van der Waals surface area contributed by atoms with Crippen molar-refractivity contribution in [1.82, 2.24) is 9.88 Å². The van der Waals surface area contributed by atoms with Gasteiger partial charge in [0.25, 0.3) is 5.91 Å². The van der Waals surface area contributed by atoms with Crippen LogP contribution >= 0.6 is 15.9 Å². The first-order valence-electron chi connectivity index (χ1n) is 4.13. The molecule has 1 aromatic heterocycles. The topological polar surface area (TPSA) is 33.2 Å². The van der Waals surface area contributed by atoms with Crippen molar-refractivity contribution in [1.29, 1.82) is 0 Å². The van der Waals surface area contributed by atoms with Gasteiger partial charge in [0.1, 0.15) is 5.69 Å². The van der Waals surface area contributed by atoms with E-state index in [1.807, 2.05) is 0 Å². The predicted octanol–water partition coefficient (Wildman–Crippen LogP) is 2.10. The molecule has 0 unspecified atom stereocenters. The highest BCUT2D eigenvalue weighted by Crippen LogP contribution is 2.14. The molecule has 1 amide bonds. The van der Waals surface area contributed by atoms with E-state index in [1.165, 1.54) is 0 Å². The van der Waals surface area contributed by atoms with Crippen molar-refractivity contribution in [3.63, 3.8) is 0 Å². The number of carbonyl (C=O) groups excluding carboxylic acids is 1. The van der Waals surface area contributed by atoms with Gasteiger partial charge in [-0.1, -0.05) is 6.08 Å². The average Bonchev–Trinajstić information content (AvgIpc) is 2.18. The summed E-state index contributed by atoms with van der Waals surface area (Å²) in [7, 11) is 1.71. The summed E-state index contributed by atoms with van der Waals surface area (Å²) in [4.78, 5) is 17.3. The summed E-state index contributed by atoms with van der Waals surface area (Å²) < 4.78 is 0.709. The fourth-order valence-electron chi connectivity index (χ4n) is 1.00. The molecule has 1 aromatic rings. The van der Waals surface area contributed by atoms with Crippen LogP contribution in [0.5, 0.6) is 0 Å². The smallest absolute Gasteiger partial charge is 0.273 e. The molecule has 1 rings (SSSR count). The van der Waals surface area contributed by atoms with Crippen LogP contribution in [0.15, 0.2) is 35.5 Å². The zero-order chi connectivity index (χ0) is 10.6. The maximum absolute atomic E-state index is 11.7. The number of aromatic nitrogens is 1. The van der Waals surface area contributed by atoms with E-state index >= 15 is 0 Å². The second-order valence-corrected chi connectivity index (χ2v) is 3.66. The summed E-state index contributed by atoms with van der Waals surface area (Å²) in [6.07, 6.45) is 3.27. The van der Waals surface area contributed by atoms with Crippen LogP contribution in [0.2, 0.25) is 0 Å². The van der Waals surface area contributed by atoms with Crippen molar-refractivity contribution >= 4 is 21.8 Å². The first kappa shape index (κ1) is 10.9. The molecule has 0 bridgehead atoms. The number of halogens is 1. The van der Waals surface area contributed by atoms with Crippen LogP contribution in [0, 0.1) is 0 Å². The largest absolute Gasteiger partial charge is 0.337 e. The number of carbonyl (C=O) groups is 1. The van der Waals surface area contributed by atoms with Gasteiger partial charge in [0, 0.05) is 24.3 Å². The summed E-state index contributed by atoms with van der Waals surface area (Å²) in [6, 6.07) is 3.57. The number of hydrogen-bond donors (Lipinski definition) is 0. The minimum absolute atomic E-state index is 0.114. The van der Waals surface area contributed by atoms with E-state index in [-0.39, 0.29) is 5.91 Å². The first-order valence-corrected chi connectivity index (χ1v) is 4.93. The lowest BCUT2D eigenvalue weighted by atomic mass is 10.3. The van der Waals surface area contributed by atoms with E-state index in [1.54, 1.807) is 36.4 Å². The third-order valence-electron chi connectivity index (χ3n) is 1.71. The molecule has 0 aliphatic carbocycles. The molecule has 4 heteroatoms. The van der Waals surface area contributed by atoms with Gasteiger partial charge in [0.15, 0.2) is 0 Å². The highest BCUT2D eigenvalue weighted by atomic mass is 79.9. The third kappa shape index (κ3) is 2.42. The molecule has 74 valence electrons. The Hall–Kier alpha value is -1.16.